The van der Waals surface area contributed by atoms with Crippen LogP contribution in [0.15, 0.2) is 35.0 Å². The highest BCUT2D eigenvalue weighted by Gasteiger charge is 2.11. The van der Waals surface area contributed by atoms with Gasteiger partial charge in [-0.15, -0.1) is 0 Å². The molecule has 0 spiro atoms. The van der Waals surface area contributed by atoms with Crippen molar-refractivity contribution in [1.29, 1.82) is 0 Å². The predicted molar refractivity (Wildman–Crippen MR) is 63.7 cm³/mol. The summed E-state index contributed by atoms with van der Waals surface area (Å²) in [6, 6.07) is 6.21. The van der Waals surface area contributed by atoms with Crippen LogP contribution in [0.5, 0.6) is 0 Å². The van der Waals surface area contributed by atoms with E-state index in [9.17, 15) is 9.18 Å². The van der Waals surface area contributed by atoms with Gasteiger partial charge in [0.05, 0.1) is 6.20 Å². The minimum atomic E-state index is -0.261. The van der Waals surface area contributed by atoms with Crippen molar-refractivity contribution < 1.29 is 13.7 Å². The van der Waals surface area contributed by atoms with Crippen LogP contribution < -0.4 is 5.32 Å². The van der Waals surface area contributed by atoms with Crippen LogP contribution in [0.25, 0.3) is 0 Å². The maximum atomic E-state index is 12.7. The largest absolute Gasteiger partial charge is 0.361 e. The lowest BCUT2D eigenvalue weighted by molar-refractivity contribution is 0.0952. The summed E-state index contributed by atoms with van der Waals surface area (Å²) in [5.74, 6) is 0.0213. The lowest BCUT2D eigenvalue weighted by atomic mass is 10.1. The molecule has 18 heavy (non-hydrogen) atoms. The average Bonchev–Trinajstić information content (AvgIpc) is 2.78. The van der Waals surface area contributed by atoms with Crippen LogP contribution in [-0.4, -0.2) is 17.6 Å². The van der Waals surface area contributed by atoms with E-state index in [0.717, 1.165) is 5.56 Å². The molecule has 0 aliphatic rings. The molecule has 5 heteroatoms. The summed E-state index contributed by atoms with van der Waals surface area (Å²) in [4.78, 5) is 11.7. The zero-order valence-corrected chi connectivity index (χ0v) is 9.94. The number of hydrogen-bond donors (Lipinski definition) is 1. The molecule has 0 fully saturated rings. The van der Waals surface area contributed by atoms with Crippen molar-refractivity contribution in [2.24, 2.45) is 0 Å². The van der Waals surface area contributed by atoms with E-state index in [2.05, 4.69) is 10.5 Å². The summed E-state index contributed by atoms with van der Waals surface area (Å²) in [7, 11) is 0. The second kappa shape index (κ2) is 5.44. The number of carbonyl (C=O) groups is 1. The van der Waals surface area contributed by atoms with Gasteiger partial charge in [0.15, 0.2) is 0 Å². The van der Waals surface area contributed by atoms with Crippen LogP contribution in [0, 0.1) is 12.7 Å². The van der Waals surface area contributed by atoms with E-state index >= 15 is 0 Å². The Labute approximate surface area is 104 Å². The van der Waals surface area contributed by atoms with E-state index in [-0.39, 0.29) is 11.7 Å². The number of halogens is 1. The van der Waals surface area contributed by atoms with E-state index in [1.807, 2.05) is 0 Å². The fourth-order valence-corrected chi connectivity index (χ4v) is 1.58. The van der Waals surface area contributed by atoms with Crippen LogP contribution in [0.1, 0.15) is 21.7 Å². The molecule has 4 nitrogen and oxygen atoms in total. The SMILES string of the molecule is Cc1oncc1C(=O)NCCc1ccc(F)cc1. The summed E-state index contributed by atoms with van der Waals surface area (Å²) in [5, 5.41) is 6.30. The third-order valence-corrected chi connectivity index (χ3v) is 2.61. The number of amides is 1. The van der Waals surface area contributed by atoms with Gasteiger partial charge in [-0.1, -0.05) is 17.3 Å². The summed E-state index contributed by atoms with van der Waals surface area (Å²) in [6.45, 7) is 2.16. The maximum Gasteiger partial charge on any atom is 0.256 e. The minimum absolute atomic E-state index is 0.212. The molecule has 1 N–H and O–H groups in total. The van der Waals surface area contributed by atoms with E-state index in [0.29, 0.717) is 24.3 Å². The van der Waals surface area contributed by atoms with Gasteiger partial charge in [0.1, 0.15) is 17.1 Å². The second-order valence-electron chi connectivity index (χ2n) is 3.93. The van der Waals surface area contributed by atoms with Gasteiger partial charge in [-0.25, -0.2) is 4.39 Å². The average molecular weight is 248 g/mol. The Hall–Kier alpha value is -2.17. The normalized spacial score (nSPS) is 10.3. The molecule has 1 amide bonds. The third kappa shape index (κ3) is 2.94. The Morgan fingerprint density at radius 2 is 2.11 bits per heavy atom. The fraction of sp³-hybridized carbons (Fsp3) is 0.231. The van der Waals surface area contributed by atoms with Gasteiger partial charge in [0, 0.05) is 6.54 Å². The molecular formula is C13H13FN2O2. The van der Waals surface area contributed by atoms with Crippen LogP contribution in [-0.2, 0) is 6.42 Å². The summed E-state index contributed by atoms with van der Waals surface area (Å²) in [6.07, 6.45) is 2.04. The van der Waals surface area contributed by atoms with Gasteiger partial charge in [0.2, 0.25) is 0 Å². The highest BCUT2D eigenvalue weighted by atomic mass is 19.1. The molecular weight excluding hydrogens is 235 g/mol. The zero-order valence-electron chi connectivity index (χ0n) is 9.94. The van der Waals surface area contributed by atoms with Crippen LogP contribution in [0.4, 0.5) is 4.39 Å². The van der Waals surface area contributed by atoms with Crippen molar-refractivity contribution in [2.75, 3.05) is 6.54 Å². The standard InChI is InChI=1S/C13H13FN2O2/c1-9-12(8-16-18-9)13(17)15-7-6-10-2-4-11(14)5-3-10/h2-5,8H,6-7H2,1H3,(H,15,17). The van der Waals surface area contributed by atoms with Crippen molar-refractivity contribution in [2.45, 2.75) is 13.3 Å². The Bertz CT molecular complexity index is 534. The summed E-state index contributed by atoms with van der Waals surface area (Å²) in [5.41, 5.74) is 1.41. The minimum Gasteiger partial charge on any atom is -0.361 e. The maximum absolute atomic E-state index is 12.7. The smallest absolute Gasteiger partial charge is 0.256 e. The van der Waals surface area contributed by atoms with Crippen molar-refractivity contribution in [1.82, 2.24) is 10.5 Å². The Balaban J connectivity index is 1.84. The molecule has 94 valence electrons. The number of nitrogens with zero attached hydrogens (tertiary/aromatic N) is 1. The lowest BCUT2D eigenvalue weighted by Gasteiger charge is -2.04. The number of rotatable bonds is 4. The number of nitrogens with one attached hydrogen (secondary N) is 1. The van der Waals surface area contributed by atoms with Crippen molar-refractivity contribution >= 4 is 5.91 Å². The van der Waals surface area contributed by atoms with Gasteiger partial charge < -0.3 is 9.84 Å². The molecule has 1 heterocycles. The number of aromatic nitrogens is 1. The molecule has 0 radical (unpaired) electrons. The highest BCUT2D eigenvalue weighted by molar-refractivity contribution is 5.94. The first-order valence-electron chi connectivity index (χ1n) is 5.61. The highest BCUT2D eigenvalue weighted by Crippen LogP contribution is 2.06. The topological polar surface area (TPSA) is 55.1 Å². The molecule has 0 aliphatic carbocycles. The third-order valence-electron chi connectivity index (χ3n) is 2.61. The first-order chi connectivity index (χ1) is 8.66. The molecule has 0 unspecified atom stereocenters. The van der Waals surface area contributed by atoms with E-state index < -0.39 is 0 Å². The van der Waals surface area contributed by atoms with Crippen LogP contribution >= 0.6 is 0 Å². The molecule has 0 atom stereocenters. The van der Waals surface area contributed by atoms with E-state index in [4.69, 9.17) is 4.52 Å². The molecule has 1 aromatic heterocycles. The van der Waals surface area contributed by atoms with Gasteiger partial charge in [-0.05, 0) is 31.0 Å². The van der Waals surface area contributed by atoms with Gasteiger partial charge in [0.25, 0.3) is 5.91 Å². The van der Waals surface area contributed by atoms with Crippen LogP contribution in [0.2, 0.25) is 0 Å². The van der Waals surface area contributed by atoms with Crippen LogP contribution in [0.3, 0.4) is 0 Å². The van der Waals surface area contributed by atoms with Crippen molar-refractivity contribution in [3.63, 3.8) is 0 Å². The predicted octanol–water partition coefficient (Wildman–Crippen LogP) is 2.09. The molecule has 0 bridgehead atoms. The first kappa shape index (κ1) is 12.3. The first-order valence-corrected chi connectivity index (χ1v) is 5.61. The molecule has 1 aromatic carbocycles. The zero-order chi connectivity index (χ0) is 13.0. The Kier molecular flexibility index (Phi) is 3.72. The number of carbonyl (C=O) groups excluding carboxylic acids is 1. The Morgan fingerprint density at radius 1 is 1.39 bits per heavy atom. The molecule has 0 saturated carbocycles. The van der Waals surface area contributed by atoms with E-state index in [1.54, 1.807) is 19.1 Å². The Morgan fingerprint density at radius 3 is 2.72 bits per heavy atom. The quantitative estimate of drug-likeness (QED) is 0.901. The number of hydrogen-bond acceptors (Lipinski definition) is 3. The number of aryl methyl sites for hydroxylation is 1. The lowest BCUT2D eigenvalue weighted by Crippen LogP contribution is -2.25. The molecule has 0 saturated heterocycles. The van der Waals surface area contributed by atoms with Crippen molar-refractivity contribution in [3.8, 4) is 0 Å². The number of benzene rings is 1. The van der Waals surface area contributed by atoms with Gasteiger partial charge >= 0.3 is 0 Å². The second-order valence-corrected chi connectivity index (χ2v) is 3.93. The summed E-state index contributed by atoms with van der Waals surface area (Å²) < 4.78 is 17.5. The molecule has 2 rings (SSSR count). The van der Waals surface area contributed by atoms with Crippen molar-refractivity contribution in [3.05, 3.63) is 53.2 Å². The molecule has 0 aliphatic heterocycles. The van der Waals surface area contributed by atoms with E-state index in [1.165, 1.54) is 18.3 Å². The summed E-state index contributed by atoms with van der Waals surface area (Å²) >= 11 is 0. The van der Waals surface area contributed by atoms with Gasteiger partial charge in [-0.2, -0.15) is 0 Å². The van der Waals surface area contributed by atoms with Gasteiger partial charge in [-0.3, -0.25) is 4.79 Å². The molecule has 2 aromatic rings. The fourth-order valence-electron chi connectivity index (χ4n) is 1.58. The monoisotopic (exact) mass is 248 g/mol.